The Hall–Kier alpha value is -2.83. The molecule has 0 saturated carbocycles. The Kier molecular flexibility index (Phi) is 7.59. The van der Waals surface area contributed by atoms with Crippen LogP contribution in [0, 0.1) is 20.6 Å². The maximum absolute atomic E-state index is 13.1. The van der Waals surface area contributed by atoms with Crippen LogP contribution in [0.1, 0.15) is 11.1 Å². The highest BCUT2D eigenvalue weighted by atomic mass is 127. The molecule has 32 heavy (non-hydrogen) atoms. The second-order valence-corrected chi connectivity index (χ2v) is 10.0. The van der Waals surface area contributed by atoms with E-state index >= 15 is 0 Å². The van der Waals surface area contributed by atoms with E-state index in [4.69, 9.17) is 0 Å². The van der Waals surface area contributed by atoms with Crippen molar-refractivity contribution in [2.75, 3.05) is 5.32 Å². The maximum atomic E-state index is 13.1. The van der Waals surface area contributed by atoms with Gasteiger partial charge < -0.3 is 5.32 Å². The van der Waals surface area contributed by atoms with E-state index in [1.165, 1.54) is 30.3 Å². The van der Waals surface area contributed by atoms with Crippen molar-refractivity contribution >= 4 is 49.9 Å². The molecule has 0 saturated heterocycles. The number of carbonyl (C=O) groups excluding carboxylic acids is 1. The van der Waals surface area contributed by atoms with Crippen LogP contribution in [0.4, 0.5) is 11.4 Å². The van der Waals surface area contributed by atoms with Crippen molar-refractivity contribution in [3.8, 4) is 0 Å². The third kappa shape index (κ3) is 6.11. The Morgan fingerprint density at radius 3 is 2.34 bits per heavy atom. The lowest BCUT2D eigenvalue weighted by atomic mass is 10.1. The van der Waals surface area contributed by atoms with Crippen LogP contribution in [-0.4, -0.2) is 25.3 Å². The highest BCUT2D eigenvalue weighted by Gasteiger charge is 2.27. The van der Waals surface area contributed by atoms with E-state index in [9.17, 15) is 23.3 Å². The lowest BCUT2D eigenvalue weighted by Gasteiger charge is -2.19. The molecule has 166 valence electrons. The number of sulfonamides is 1. The van der Waals surface area contributed by atoms with Crippen LogP contribution < -0.4 is 10.0 Å². The van der Waals surface area contributed by atoms with Gasteiger partial charge in [-0.15, -0.1) is 0 Å². The first-order chi connectivity index (χ1) is 15.2. The van der Waals surface area contributed by atoms with Crippen LogP contribution in [0.15, 0.2) is 77.7 Å². The molecule has 1 amide bonds. The molecule has 1 atom stereocenters. The molecule has 2 N–H and O–H groups in total. The number of non-ortho nitro benzene ring substituents is 1. The van der Waals surface area contributed by atoms with Crippen LogP contribution in [0.2, 0.25) is 0 Å². The number of nitro benzene ring substituents is 1. The second-order valence-electron chi connectivity index (χ2n) is 7.06. The van der Waals surface area contributed by atoms with Crippen molar-refractivity contribution in [1.29, 1.82) is 0 Å². The van der Waals surface area contributed by atoms with E-state index in [0.717, 1.165) is 9.13 Å². The van der Waals surface area contributed by atoms with Crippen LogP contribution in [0.25, 0.3) is 0 Å². The molecule has 8 nitrogen and oxygen atoms in total. The largest absolute Gasteiger partial charge is 0.324 e. The van der Waals surface area contributed by atoms with Gasteiger partial charge in [-0.2, -0.15) is 4.72 Å². The summed E-state index contributed by atoms with van der Waals surface area (Å²) in [6.07, 6.45) is 0.101. The molecule has 3 aromatic carbocycles. The van der Waals surface area contributed by atoms with Gasteiger partial charge in [-0.1, -0.05) is 36.4 Å². The number of amides is 1. The van der Waals surface area contributed by atoms with Crippen LogP contribution in [0.3, 0.4) is 0 Å². The zero-order chi connectivity index (χ0) is 23.3. The Bertz CT molecular complexity index is 1230. The fourth-order valence-electron chi connectivity index (χ4n) is 2.98. The third-order valence-electron chi connectivity index (χ3n) is 4.71. The minimum Gasteiger partial charge on any atom is -0.324 e. The number of aryl methyl sites for hydroxylation is 1. The topological polar surface area (TPSA) is 118 Å². The van der Waals surface area contributed by atoms with Crippen molar-refractivity contribution in [2.45, 2.75) is 24.3 Å². The average molecular weight is 565 g/mol. The minimum absolute atomic E-state index is 0.0373. The molecule has 0 heterocycles. The first kappa shape index (κ1) is 23.8. The van der Waals surface area contributed by atoms with Crippen molar-refractivity contribution in [2.24, 2.45) is 0 Å². The molecule has 0 unspecified atom stereocenters. The van der Waals surface area contributed by atoms with Gasteiger partial charge in [-0.05, 0) is 71.3 Å². The summed E-state index contributed by atoms with van der Waals surface area (Å²) in [5, 5.41) is 13.7. The van der Waals surface area contributed by atoms with Crippen LogP contribution in [0.5, 0.6) is 0 Å². The molecule has 0 aliphatic rings. The number of nitrogens with one attached hydrogen (secondary N) is 2. The van der Waals surface area contributed by atoms with Gasteiger partial charge in [0.05, 0.1) is 15.5 Å². The SMILES string of the molecule is Cc1ccc([N+](=O)[O-])cc1NC(=O)[C@H](Cc1ccccc1)NS(=O)(=O)c1ccc(I)cc1. The van der Waals surface area contributed by atoms with Gasteiger partial charge in [-0.3, -0.25) is 14.9 Å². The summed E-state index contributed by atoms with van der Waals surface area (Å²) < 4.78 is 29.2. The summed E-state index contributed by atoms with van der Waals surface area (Å²) in [5.41, 5.74) is 1.44. The van der Waals surface area contributed by atoms with Gasteiger partial charge in [0.25, 0.3) is 5.69 Å². The van der Waals surface area contributed by atoms with E-state index in [1.807, 2.05) is 6.07 Å². The lowest BCUT2D eigenvalue weighted by molar-refractivity contribution is -0.384. The summed E-state index contributed by atoms with van der Waals surface area (Å²) in [7, 11) is -3.99. The molecule has 3 aromatic rings. The lowest BCUT2D eigenvalue weighted by Crippen LogP contribution is -2.45. The van der Waals surface area contributed by atoms with E-state index in [1.54, 1.807) is 43.3 Å². The van der Waals surface area contributed by atoms with Gasteiger partial charge in [-0.25, -0.2) is 8.42 Å². The normalized spacial score (nSPS) is 12.2. The molecular formula is C22H20IN3O5S. The fourth-order valence-corrected chi connectivity index (χ4v) is 4.54. The Balaban J connectivity index is 1.90. The molecule has 0 aliphatic heterocycles. The van der Waals surface area contributed by atoms with Crippen LogP contribution in [-0.2, 0) is 21.2 Å². The van der Waals surface area contributed by atoms with E-state index in [0.29, 0.717) is 5.56 Å². The summed E-state index contributed by atoms with van der Waals surface area (Å²) in [6, 6.07) is 18.2. The van der Waals surface area contributed by atoms with Crippen molar-refractivity contribution in [3.63, 3.8) is 0 Å². The van der Waals surface area contributed by atoms with Gasteiger partial charge in [0.15, 0.2) is 0 Å². The molecule has 3 rings (SSSR count). The number of anilines is 1. The predicted molar refractivity (Wildman–Crippen MR) is 130 cm³/mol. The van der Waals surface area contributed by atoms with Crippen molar-refractivity contribution < 1.29 is 18.1 Å². The highest BCUT2D eigenvalue weighted by Crippen LogP contribution is 2.22. The number of benzene rings is 3. The van der Waals surface area contributed by atoms with Crippen molar-refractivity contribution in [3.05, 3.63) is 97.6 Å². The Labute approximate surface area is 199 Å². The Morgan fingerprint density at radius 1 is 1.06 bits per heavy atom. The van der Waals surface area contributed by atoms with Crippen LogP contribution >= 0.6 is 22.6 Å². The average Bonchev–Trinajstić information content (AvgIpc) is 2.75. The molecule has 0 aromatic heterocycles. The number of nitrogens with zero attached hydrogens (tertiary/aromatic N) is 1. The third-order valence-corrected chi connectivity index (χ3v) is 6.92. The number of carbonyl (C=O) groups is 1. The quantitative estimate of drug-likeness (QED) is 0.243. The molecule has 0 bridgehead atoms. The number of nitro groups is 1. The fraction of sp³-hybridized carbons (Fsp3) is 0.136. The second kappa shape index (κ2) is 10.2. The maximum Gasteiger partial charge on any atom is 0.271 e. The summed E-state index contributed by atoms with van der Waals surface area (Å²) in [4.78, 5) is 23.7. The summed E-state index contributed by atoms with van der Waals surface area (Å²) in [5.74, 6) is -0.619. The zero-order valence-corrected chi connectivity index (χ0v) is 20.0. The summed E-state index contributed by atoms with van der Waals surface area (Å²) >= 11 is 2.07. The standard InChI is InChI=1S/C22H20IN3O5S/c1-15-7-10-18(26(28)29)14-20(15)24-22(27)21(13-16-5-3-2-4-6-16)25-32(30,31)19-11-8-17(23)9-12-19/h2-12,14,21,25H,13H2,1H3,(H,24,27)/t21-/m0/s1. The Morgan fingerprint density at radius 2 is 1.72 bits per heavy atom. The van der Waals surface area contributed by atoms with Gasteiger partial charge in [0, 0.05) is 15.7 Å². The molecule has 0 radical (unpaired) electrons. The molecule has 0 spiro atoms. The minimum atomic E-state index is -3.99. The van der Waals surface area contributed by atoms with Gasteiger partial charge >= 0.3 is 0 Å². The molecular weight excluding hydrogens is 545 g/mol. The van der Waals surface area contributed by atoms with Crippen molar-refractivity contribution in [1.82, 2.24) is 4.72 Å². The first-order valence-corrected chi connectivity index (χ1v) is 12.1. The van der Waals surface area contributed by atoms with Gasteiger partial charge in [0.2, 0.25) is 15.9 Å². The number of rotatable bonds is 8. The number of hydrogen-bond acceptors (Lipinski definition) is 5. The number of halogens is 1. The number of hydrogen-bond donors (Lipinski definition) is 2. The monoisotopic (exact) mass is 565 g/mol. The molecule has 0 aliphatic carbocycles. The van der Waals surface area contributed by atoms with Gasteiger partial charge in [0.1, 0.15) is 6.04 Å². The highest BCUT2D eigenvalue weighted by molar-refractivity contribution is 14.1. The van der Waals surface area contributed by atoms with E-state index < -0.39 is 26.9 Å². The first-order valence-electron chi connectivity index (χ1n) is 9.53. The summed E-state index contributed by atoms with van der Waals surface area (Å²) in [6.45, 7) is 1.70. The van der Waals surface area contributed by atoms with E-state index in [-0.39, 0.29) is 22.7 Å². The molecule has 0 fully saturated rings. The predicted octanol–water partition coefficient (Wildman–Crippen LogP) is 4.04. The van der Waals surface area contributed by atoms with E-state index in [2.05, 4.69) is 32.6 Å². The smallest absolute Gasteiger partial charge is 0.271 e. The zero-order valence-electron chi connectivity index (χ0n) is 17.0. The molecule has 10 heteroatoms.